The van der Waals surface area contributed by atoms with Crippen molar-refractivity contribution >= 4 is 16.7 Å². The number of benzene rings is 2. The number of aromatic amines is 1. The summed E-state index contributed by atoms with van der Waals surface area (Å²) < 4.78 is 33.1. The number of carbonyl (C=O) groups excluding carboxylic acids is 1. The number of nitrogens with one attached hydrogen (secondary N) is 1. The van der Waals surface area contributed by atoms with E-state index in [4.69, 9.17) is 4.74 Å². The van der Waals surface area contributed by atoms with Crippen molar-refractivity contribution in [2.45, 2.75) is 19.0 Å². The molecule has 4 rings (SSSR count). The molecule has 1 aromatic heterocycles. The number of ketones is 1. The molecule has 3 aromatic rings. The molecule has 0 amide bonds. The van der Waals surface area contributed by atoms with Gasteiger partial charge in [0.25, 0.3) is 0 Å². The first-order chi connectivity index (χ1) is 13.5. The molecule has 1 aliphatic rings. The molecule has 28 heavy (non-hydrogen) atoms. The number of para-hydroxylation sites is 1. The van der Waals surface area contributed by atoms with E-state index in [-0.39, 0.29) is 30.4 Å². The monoisotopic (exact) mass is 384 g/mol. The van der Waals surface area contributed by atoms with Crippen LogP contribution >= 0.6 is 0 Å². The van der Waals surface area contributed by atoms with E-state index in [9.17, 15) is 18.4 Å². The van der Waals surface area contributed by atoms with Crippen LogP contribution in [-0.4, -0.2) is 29.3 Å². The van der Waals surface area contributed by atoms with E-state index >= 15 is 0 Å². The number of likely N-dealkylation sites (tertiary alicyclic amines) is 1. The lowest BCUT2D eigenvalue weighted by molar-refractivity contribution is -0.117. The number of ether oxygens (including phenoxy) is 1. The predicted molar refractivity (Wildman–Crippen MR) is 100 cm³/mol. The molecule has 0 aliphatic carbocycles. The van der Waals surface area contributed by atoms with Crippen LogP contribution in [0, 0.1) is 11.6 Å². The maximum Gasteiger partial charge on any atom is 0.248 e. The number of methoxy groups -OCH3 is 1. The van der Waals surface area contributed by atoms with Crippen LogP contribution < -0.4 is 10.3 Å². The van der Waals surface area contributed by atoms with Crippen LogP contribution in [0.5, 0.6) is 5.75 Å². The number of fused-ring (bicyclic) bond motifs is 1. The Hall–Kier alpha value is -3.06. The van der Waals surface area contributed by atoms with Crippen LogP contribution in [-0.2, 0) is 11.3 Å². The molecular weight excluding hydrogens is 366 g/mol. The topological polar surface area (TPSA) is 62.4 Å². The lowest BCUT2D eigenvalue weighted by Crippen LogP contribution is -2.25. The van der Waals surface area contributed by atoms with Gasteiger partial charge in [0.1, 0.15) is 11.5 Å². The molecule has 2 aromatic carbocycles. The van der Waals surface area contributed by atoms with Gasteiger partial charge >= 0.3 is 0 Å². The van der Waals surface area contributed by atoms with Gasteiger partial charge in [-0.3, -0.25) is 14.5 Å². The van der Waals surface area contributed by atoms with Gasteiger partial charge in [-0.1, -0.05) is 18.2 Å². The van der Waals surface area contributed by atoms with Crippen molar-refractivity contribution in [1.82, 2.24) is 9.88 Å². The summed E-state index contributed by atoms with van der Waals surface area (Å²) in [6, 6.07) is 11.1. The van der Waals surface area contributed by atoms with Gasteiger partial charge in [0, 0.05) is 36.0 Å². The number of H-pyrrole nitrogens is 1. The van der Waals surface area contributed by atoms with Crippen molar-refractivity contribution in [3.63, 3.8) is 0 Å². The Morgan fingerprint density at radius 3 is 2.75 bits per heavy atom. The smallest absolute Gasteiger partial charge is 0.248 e. The third-order valence-electron chi connectivity index (χ3n) is 5.11. The Morgan fingerprint density at radius 2 is 1.96 bits per heavy atom. The van der Waals surface area contributed by atoms with Gasteiger partial charge in [-0.2, -0.15) is 0 Å². The fourth-order valence-corrected chi connectivity index (χ4v) is 3.85. The van der Waals surface area contributed by atoms with Crippen molar-refractivity contribution in [3.05, 3.63) is 75.6 Å². The Kier molecular flexibility index (Phi) is 4.68. The first-order valence-corrected chi connectivity index (χ1v) is 8.86. The van der Waals surface area contributed by atoms with Crippen molar-refractivity contribution in [3.8, 4) is 5.75 Å². The van der Waals surface area contributed by atoms with Crippen LogP contribution in [0.3, 0.4) is 0 Å². The Labute approximate surface area is 159 Å². The molecule has 0 spiro atoms. The highest BCUT2D eigenvalue weighted by Crippen LogP contribution is 2.37. The summed E-state index contributed by atoms with van der Waals surface area (Å²) in [4.78, 5) is 28.5. The second kappa shape index (κ2) is 7.16. The molecule has 1 fully saturated rings. The summed E-state index contributed by atoms with van der Waals surface area (Å²) in [5.41, 5.74) is 0.725. The molecule has 0 bridgehead atoms. The Bertz CT molecular complexity index is 1130. The molecule has 144 valence electrons. The number of Topliss-reactive ketones (excluding diaryl/α,β-unsaturated/α-hetero) is 1. The fourth-order valence-electron chi connectivity index (χ4n) is 3.85. The molecule has 5 nitrogen and oxygen atoms in total. The van der Waals surface area contributed by atoms with Gasteiger partial charge < -0.3 is 9.72 Å². The molecule has 0 radical (unpaired) electrons. The van der Waals surface area contributed by atoms with E-state index in [1.54, 1.807) is 7.11 Å². The van der Waals surface area contributed by atoms with Gasteiger partial charge in [-0.15, -0.1) is 0 Å². The molecule has 1 aliphatic heterocycles. The number of halogens is 2. The van der Waals surface area contributed by atoms with Gasteiger partial charge in [0.05, 0.1) is 19.2 Å². The summed E-state index contributed by atoms with van der Waals surface area (Å²) in [7, 11) is 1.57. The van der Waals surface area contributed by atoms with E-state index in [2.05, 4.69) is 4.98 Å². The second-order valence-corrected chi connectivity index (χ2v) is 6.85. The number of rotatable bonds is 4. The third-order valence-corrected chi connectivity index (χ3v) is 5.11. The van der Waals surface area contributed by atoms with Gasteiger partial charge in [-0.05, 0) is 23.8 Å². The molecule has 1 N–H and O–H groups in total. The van der Waals surface area contributed by atoms with E-state index in [0.29, 0.717) is 23.1 Å². The highest BCUT2D eigenvalue weighted by Gasteiger charge is 2.33. The SMILES string of the molecule is COc1ccccc1C1CC(=O)CN1Cc1cc(=O)[nH]c2c(F)c(F)ccc12. The minimum atomic E-state index is -1.09. The zero-order valence-corrected chi connectivity index (χ0v) is 15.2. The van der Waals surface area contributed by atoms with Gasteiger partial charge in [-0.25, -0.2) is 8.78 Å². The minimum Gasteiger partial charge on any atom is -0.496 e. The van der Waals surface area contributed by atoms with Gasteiger partial charge in [0.15, 0.2) is 11.6 Å². The van der Waals surface area contributed by atoms with E-state index in [1.165, 1.54) is 12.1 Å². The second-order valence-electron chi connectivity index (χ2n) is 6.85. The summed E-state index contributed by atoms with van der Waals surface area (Å²) in [5.74, 6) is -1.36. The summed E-state index contributed by atoms with van der Waals surface area (Å²) in [6.45, 7) is 0.459. The Morgan fingerprint density at radius 1 is 1.18 bits per heavy atom. The van der Waals surface area contributed by atoms with Crippen LogP contribution in [0.15, 0.2) is 47.3 Å². The van der Waals surface area contributed by atoms with Crippen LogP contribution in [0.1, 0.15) is 23.6 Å². The lowest BCUT2D eigenvalue weighted by Gasteiger charge is -2.25. The number of nitrogens with zero attached hydrogens (tertiary/aromatic N) is 1. The van der Waals surface area contributed by atoms with Crippen molar-refractivity contribution < 1.29 is 18.3 Å². The van der Waals surface area contributed by atoms with E-state index in [0.717, 1.165) is 11.6 Å². The third kappa shape index (κ3) is 3.18. The maximum absolute atomic E-state index is 14.1. The summed E-state index contributed by atoms with van der Waals surface area (Å²) in [6.07, 6.45) is 0.324. The summed E-state index contributed by atoms with van der Waals surface area (Å²) >= 11 is 0. The lowest BCUT2D eigenvalue weighted by atomic mass is 10.0. The fraction of sp³-hybridized carbons (Fsp3) is 0.238. The molecular formula is C21H18F2N2O3. The van der Waals surface area contributed by atoms with E-state index in [1.807, 2.05) is 29.2 Å². The zero-order valence-electron chi connectivity index (χ0n) is 15.2. The first kappa shape index (κ1) is 18.3. The van der Waals surface area contributed by atoms with Crippen LogP contribution in [0.2, 0.25) is 0 Å². The largest absolute Gasteiger partial charge is 0.496 e. The first-order valence-electron chi connectivity index (χ1n) is 8.86. The van der Waals surface area contributed by atoms with Crippen molar-refractivity contribution in [2.24, 2.45) is 0 Å². The zero-order chi connectivity index (χ0) is 19.8. The molecule has 0 saturated carbocycles. The molecule has 1 saturated heterocycles. The van der Waals surface area contributed by atoms with E-state index < -0.39 is 17.2 Å². The average molecular weight is 384 g/mol. The number of pyridine rings is 1. The number of hydrogen-bond acceptors (Lipinski definition) is 4. The normalized spacial score (nSPS) is 17.4. The molecule has 1 atom stereocenters. The predicted octanol–water partition coefficient (Wildman–Crippen LogP) is 3.33. The number of carbonyl (C=O) groups is 1. The number of aromatic nitrogens is 1. The van der Waals surface area contributed by atoms with Crippen molar-refractivity contribution in [2.75, 3.05) is 13.7 Å². The highest BCUT2D eigenvalue weighted by atomic mass is 19.2. The maximum atomic E-state index is 14.1. The minimum absolute atomic E-state index is 0.0716. The van der Waals surface area contributed by atoms with Crippen molar-refractivity contribution in [1.29, 1.82) is 0 Å². The summed E-state index contributed by atoms with van der Waals surface area (Å²) in [5, 5.41) is 0.414. The molecule has 2 heterocycles. The quantitative estimate of drug-likeness (QED) is 0.750. The van der Waals surface area contributed by atoms with Crippen LogP contribution in [0.25, 0.3) is 10.9 Å². The molecule has 1 unspecified atom stereocenters. The number of hydrogen-bond donors (Lipinski definition) is 1. The highest BCUT2D eigenvalue weighted by molar-refractivity contribution is 5.85. The standard InChI is InChI=1S/C21H18F2N2O3/c1-28-18-5-3-2-4-15(18)17-9-13(26)11-25(17)10-12-8-19(27)24-21-14(12)6-7-16(22)20(21)23/h2-8,17H,9-11H2,1H3,(H,24,27). The average Bonchev–Trinajstić information content (AvgIpc) is 3.05. The van der Waals surface area contributed by atoms with Crippen LogP contribution in [0.4, 0.5) is 8.78 Å². The molecule has 7 heteroatoms. The Balaban J connectivity index is 1.76. The van der Waals surface area contributed by atoms with Gasteiger partial charge in [0.2, 0.25) is 5.56 Å².